The Morgan fingerprint density at radius 2 is 1.47 bits per heavy atom. The molecule has 1 saturated heterocycles. The molecule has 2 aromatic rings. The number of likely N-dealkylation sites (tertiary alicyclic amines) is 1. The Bertz CT molecular complexity index is 746. The molecule has 0 aromatic heterocycles. The SMILES string of the molecule is NCC(O)CN1CCC(CNC(CCCCCCCCc2ccccc2)c2ccccc2)CC1. The number of aliphatic hydroxyl groups is 1. The van der Waals surface area contributed by atoms with Crippen molar-refractivity contribution < 1.29 is 5.11 Å². The minimum atomic E-state index is -0.388. The number of nitrogens with one attached hydrogen (secondary N) is 1. The molecule has 2 aromatic carbocycles. The molecule has 2 atom stereocenters. The average Bonchev–Trinajstić information content (AvgIpc) is 2.89. The monoisotopic (exact) mass is 465 g/mol. The molecular weight excluding hydrogens is 418 g/mol. The third-order valence-corrected chi connectivity index (χ3v) is 7.35. The van der Waals surface area contributed by atoms with Gasteiger partial charge in [0.15, 0.2) is 0 Å². The third kappa shape index (κ3) is 10.3. The van der Waals surface area contributed by atoms with Gasteiger partial charge in [0, 0.05) is 19.1 Å². The van der Waals surface area contributed by atoms with Crippen molar-refractivity contribution in [2.75, 3.05) is 32.7 Å². The molecule has 0 aliphatic carbocycles. The molecule has 1 aliphatic rings. The average molecular weight is 466 g/mol. The maximum absolute atomic E-state index is 9.81. The lowest BCUT2D eigenvalue weighted by molar-refractivity contribution is 0.0933. The number of aliphatic hydroxyl groups excluding tert-OH is 1. The normalized spacial score (nSPS) is 17.0. The Hall–Kier alpha value is -1.72. The highest BCUT2D eigenvalue weighted by atomic mass is 16.3. The maximum Gasteiger partial charge on any atom is 0.0789 e. The summed E-state index contributed by atoms with van der Waals surface area (Å²) in [5, 5.41) is 13.7. The minimum absolute atomic E-state index is 0.355. The van der Waals surface area contributed by atoms with E-state index >= 15 is 0 Å². The van der Waals surface area contributed by atoms with E-state index in [1.54, 1.807) is 0 Å². The van der Waals surface area contributed by atoms with Gasteiger partial charge in [0.1, 0.15) is 0 Å². The predicted octanol–water partition coefficient (Wildman–Crippen LogP) is 5.32. The Kier molecular flexibility index (Phi) is 12.7. The van der Waals surface area contributed by atoms with Crippen molar-refractivity contribution in [3.05, 3.63) is 71.8 Å². The number of hydrogen-bond acceptors (Lipinski definition) is 4. The van der Waals surface area contributed by atoms with Crippen LogP contribution in [-0.4, -0.2) is 48.8 Å². The molecular formula is C30H47N3O. The summed E-state index contributed by atoms with van der Waals surface area (Å²) in [5.41, 5.74) is 8.46. The van der Waals surface area contributed by atoms with E-state index in [0.717, 1.165) is 32.1 Å². The maximum atomic E-state index is 9.81. The zero-order valence-corrected chi connectivity index (χ0v) is 21.1. The summed E-state index contributed by atoms with van der Waals surface area (Å²) >= 11 is 0. The third-order valence-electron chi connectivity index (χ3n) is 7.35. The highest BCUT2D eigenvalue weighted by Gasteiger charge is 2.21. The summed E-state index contributed by atoms with van der Waals surface area (Å²) in [5.74, 6) is 0.724. The Balaban J connectivity index is 1.31. The number of benzene rings is 2. The lowest BCUT2D eigenvalue weighted by Gasteiger charge is -2.34. The first-order chi connectivity index (χ1) is 16.7. The molecule has 4 N–H and O–H groups in total. The van der Waals surface area contributed by atoms with E-state index in [1.807, 2.05) is 0 Å². The second-order valence-electron chi connectivity index (χ2n) is 10.2. The fourth-order valence-electron chi connectivity index (χ4n) is 5.16. The lowest BCUT2D eigenvalue weighted by Crippen LogP contribution is -2.43. The van der Waals surface area contributed by atoms with Crippen molar-refractivity contribution in [2.24, 2.45) is 11.7 Å². The molecule has 34 heavy (non-hydrogen) atoms. The summed E-state index contributed by atoms with van der Waals surface area (Å²) in [6.07, 6.45) is 12.4. The van der Waals surface area contributed by atoms with Crippen molar-refractivity contribution >= 4 is 0 Å². The van der Waals surface area contributed by atoms with Crippen LogP contribution in [0, 0.1) is 5.92 Å². The number of piperidine rings is 1. The molecule has 188 valence electrons. The van der Waals surface area contributed by atoms with E-state index in [1.165, 1.54) is 75.3 Å². The van der Waals surface area contributed by atoms with Crippen LogP contribution in [0.25, 0.3) is 0 Å². The molecule has 0 amide bonds. The topological polar surface area (TPSA) is 61.5 Å². The molecule has 1 heterocycles. The highest BCUT2D eigenvalue weighted by molar-refractivity contribution is 5.19. The number of nitrogens with two attached hydrogens (primary N) is 1. The zero-order chi connectivity index (χ0) is 23.8. The van der Waals surface area contributed by atoms with Crippen molar-refractivity contribution in [3.63, 3.8) is 0 Å². The van der Waals surface area contributed by atoms with Crippen LogP contribution in [0.15, 0.2) is 60.7 Å². The van der Waals surface area contributed by atoms with E-state index in [4.69, 9.17) is 5.73 Å². The van der Waals surface area contributed by atoms with Crippen LogP contribution in [0.2, 0.25) is 0 Å². The quantitative estimate of drug-likeness (QED) is 0.294. The molecule has 1 fully saturated rings. The van der Waals surface area contributed by atoms with E-state index in [9.17, 15) is 5.11 Å². The number of hydrogen-bond donors (Lipinski definition) is 3. The summed E-state index contributed by atoms with van der Waals surface area (Å²) in [6.45, 7) is 4.31. The molecule has 4 heteroatoms. The molecule has 0 bridgehead atoms. The molecule has 4 nitrogen and oxygen atoms in total. The van der Waals surface area contributed by atoms with Crippen LogP contribution in [0.1, 0.15) is 75.0 Å². The second-order valence-corrected chi connectivity index (χ2v) is 10.2. The fourth-order valence-corrected chi connectivity index (χ4v) is 5.16. The molecule has 0 saturated carbocycles. The molecule has 1 aliphatic heterocycles. The number of aryl methyl sites for hydroxylation is 1. The van der Waals surface area contributed by atoms with Gasteiger partial charge in [-0.25, -0.2) is 0 Å². The van der Waals surface area contributed by atoms with E-state index in [-0.39, 0.29) is 6.10 Å². The molecule has 2 unspecified atom stereocenters. The van der Waals surface area contributed by atoms with Crippen LogP contribution in [0.5, 0.6) is 0 Å². The zero-order valence-electron chi connectivity index (χ0n) is 21.1. The van der Waals surface area contributed by atoms with E-state index < -0.39 is 0 Å². The summed E-state index contributed by atoms with van der Waals surface area (Å²) in [6, 6.07) is 22.3. The van der Waals surface area contributed by atoms with Gasteiger partial charge in [0.25, 0.3) is 0 Å². The van der Waals surface area contributed by atoms with Gasteiger partial charge >= 0.3 is 0 Å². The minimum Gasteiger partial charge on any atom is -0.390 e. The van der Waals surface area contributed by atoms with Gasteiger partial charge in [-0.05, 0) is 68.8 Å². The van der Waals surface area contributed by atoms with Gasteiger partial charge in [-0.1, -0.05) is 92.8 Å². The van der Waals surface area contributed by atoms with Gasteiger partial charge in [-0.15, -0.1) is 0 Å². The summed E-state index contributed by atoms with van der Waals surface area (Å²) < 4.78 is 0. The molecule has 3 rings (SSSR count). The van der Waals surface area contributed by atoms with E-state index in [0.29, 0.717) is 12.6 Å². The van der Waals surface area contributed by atoms with Crippen LogP contribution in [0.4, 0.5) is 0 Å². The highest BCUT2D eigenvalue weighted by Crippen LogP contribution is 2.23. The predicted molar refractivity (Wildman–Crippen MR) is 144 cm³/mol. The van der Waals surface area contributed by atoms with Crippen LogP contribution in [0.3, 0.4) is 0 Å². The summed E-state index contributed by atoms with van der Waals surface area (Å²) in [7, 11) is 0. The largest absolute Gasteiger partial charge is 0.390 e. The lowest BCUT2D eigenvalue weighted by atomic mass is 9.94. The van der Waals surface area contributed by atoms with Crippen LogP contribution in [-0.2, 0) is 6.42 Å². The number of unbranched alkanes of at least 4 members (excludes halogenated alkanes) is 5. The van der Waals surface area contributed by atoms with Gasteiger partial charge in [0.05, 0.1) is 6.10 Å². The first-order valence-corrected chi connectivity index (χ1v) is 13.7. The number of nitrogens with zero attached hydrogens (tertiary/aromatic N) is 1. The Morgan fingerprint density at radius 1 is 0.853 bits per heavy atom. The number of β-amino-alcohol motifs (C(OH)–C–C–N with tert-alkyl or cyclic N) is 1. The Labute approximate surface area is 207 Å². The van der Waals surface area contributed by atoms with Crippen molar-refractivity contribution in [3.8, 4) is 0 Å². The standard InChI is InChI=1S/C30H47N3O/c31-23-29(34)25-33-21-19-27(20-22-33)24-32-30(28-16-10-6-11-17-28)18-12-4-2-1-3-7-13-26-14-8-5-9-15-26/h5-6,8-11,14-17,27,29-30,32,34H,1-4,7,12-13,18-25,31H2. The van der Waals surface area contributed by atoms with Gasteiger partial charge < -0.3 is 21.1 Å². The first-order valence-electron chi connectivity index (χ1n) is 13.7. The van der Waals surface area contributed by atoms with Crippen molar-refractivity contribution in [1.82, 2.24) is 10.2 Å². The summed E-state index contributed by atoms with van der Waals surface area (Å²) in [4.78, 5) is 2.36. The first kappa shape index (κ1) is 26.9. The second kappa shape index (κ2) is 16.0. The fraction of sp³-hybridized carbons (Fsp3) is 0.600. The van der Waals surface area contributed by atoms with Crippen LogP contribution >= 0.6 is 0 Å². The van der Waals surface area contributed by atoms with Gasteiger partial charge in [-0.2, -0.15) is 0 Å². The van der Waals surface area contributed by atoms with Crippen molar-refractivity contribution in [1.29, 1.82) is 0 Å². The smallest absolute Gasteiger partial charge is 0.0789 e. The molecule has 0 spiro atoms. The molecule has 0 radical (unpaired) electrons. The van der Waals surface area contributed by atoms with Gasteiger partial charge in [0.2, 0.25) is 0 Å². The Morgan fingerprint density at radius 3 is 2.15 bits per heavy atom. The van der Waals surface area contributed by atoms with Crippen molar-refractivity contribution in [2.45, 2.75) is 76.4 Å². The van der Waals surface area contributed by atoms with Gasteiger partial charge in [-0.3, -0.25) is 0 Å². The number of rotatable bonds is 16. The van der Waals surface area contributed by atoms with E-state index in [2.05, 4.69) is 70.9 Å². The van der Waals surface area contributed by atoms with Crippen LogP contribution < -0.4 is 11.1 Å².